The van der Waals surface area contributed by atoms with Crippen molar-refractivity contribution in [2.75, 3.05) is 40.3 Å². The molecule has 2 fully saturated rings. The van der Waals surface area contributed by atoms with Gasteiger partial charge in [0.05, 0.1) is 0 Å². The third-order valence-electron chi connectivity index (χ3n) is 3.84. The van der Waals surface area contributed by atoms with Crippen molar-refractivity contribution in [1.82, 2.24) is 15.1 Å². The average Bonchev–Trinajstić information content (AvgIpc) is 2.28. The summed E-state index contributed by atoms with van der Waals surface area (Å²) in [6, 6.07) is 0. The highest BCUT2D eigenvalue weighted by Crippen LogP contribution is 2.43. The van der Waals surface area contributed by atoms with Crippen LogP contribution in [0.15, 0.2) is 0 Å². The van der Waals surface area contributed by atoms with Crippen molar-refractivity contribution in [3.05, 3.63) is 0 Å². The maximum absolute atomic E-state index is 12.5. The van der Waals surface area contributed by atoms with Crippen molar-refractivity contribution in [1.29, 1.82) is 0 Å². The number of rotatable bonds is 2. The topological polar surface area (TPSA) is 52.7 Å². The standard InChI is InChI=1S/C12H21N3O2/c1-14(2)10(16)12(4-3-5-12)11(17)15-8-6-13-7-9-15/h13H,3-9H2,1-2H3. The molecule has 5 nitrogen and oxygen atoms in total. The highest BCUT2D eigenvalue weighted by atomic mass is 16.2. The van der Waals surface area contributed by atoms with Crippen LogP contribution in [0.4, 0.5) is 0 Å². The Hall–Kier alpha value is -1.10. The number of carbonyl (C=O) groups is 2. The van der Waals surface area contributed by atoms with Gasteiger partial charge in [-0.25, -0.2) is 0 Å². The van der Waals surface area contributed by atoms with Gasteiger partial charge in [0.25, 0.3) is 0 Å². The van der Waals surface area contributed by atoms with E-state index in [-0.39, 0.29) is 11.8 Å². The van der Waals surface area contributed by atoms with Crippen molar-refractivity contribution in [2.24, 2.45) is 5.41 Å². The molecular weight excluding hydrogens is 218 g/mol. The lowest BCUT2D eigenvalue weighted by Crippen LogP contribution is -2.59. The SMILES string of the molecule is CN(C)C(=O)C1(C(=O)N2CCNCC2)CCC1. The summed E-state index contributed by atoms with van der Waals surface area (Å²) >= 11 is 0. The molecule has 2 amide bonds. The molecule has 0 spiro atoms. The van der Waals surface area contributed by atoms with Crippen molar-refractivity contribution in [3.8, 4) is 0 Å². The van der Waals surface area contributed by atoms with Crippen LogP contribution in [0.5, 0.6) is 0 Å². The number of hydrogen-bond acceptors (Lipinski definition) is 3. The minimum absolute atomic E-state index is 0.0210. The fourth-order valence-electron chi connectivity index (χ4n) is 2.65. The molecule has 0 aromatic heterocycles. The van der Waals surface area contributed by atoms with Gasteiger partial charge in [-0.2, -0.15) is 0 Å². The van der Waals surface area contributed by atoms with Crippen LogP contribution in [-0.4, -0.2) is 61.9 Å². The first-order valence-electron chi connectivity index (χ1n) is 6.30. The highest BCUT2D eigenvalue weighted by Gasteiger charge is 2.53. The summed E-state index contributed by atoms with van der Waals surface area (Å²) in [7, 11) is 3.46. The third kappa shape index (κ3) is 2.04. The van der Waals surface area contributed by atoms with Gasteiger partial charge in [-0.3, -0.25) is 9.59 Å². The van der Waals surface area contributed by atoms with Crippen LogP contribution in [0.3, 0.4) is 0 Å². The zero-order valence-corrected chi connectivity index (χ0v) is 10.7. The van der Waals surface area contributed by atoms with E-state index in [0.717, 1.165) is 32.6 Å². The van der Waals surface area contributed by atoms with E-state index in [1.807, 2.05) is 4.90 Å². The number of nitrogens with one attached hydrogen (secondary N) is 1. The Labute approximate surface area is 102 Å². The van der Waals surface area contributed by atoms with Crippen LogP contribution >= 0.6 is 0 Å². The number of nitrogens with zero attached hydrogens (tertiary/aromatic N) is 2. The predicted octanol–water partition coefficient (Wildman–Crippen LogP) is -0.323. The zero-order valence-electron chi connectivity index (χ0n) is 10.7. The van der Waals surface area contributed by atoms with Gasteiger partial charge in [-0.05, 0) is 12.8 Å². The predicted molar refractivity (Wildman–Crippen MR) is 64.4 cm³/mol. The Morgan fingerprint density at radius 1 is 1.18 bits per heavy atom. The summed E-state index contributed by atoms with van der Waals surface area (Å²) in [6.45, 7) is 3.11. The van der Waals surface area contributed by atoms with Gasteiger partial charge in [-0.15, -0.1) is 0 Å². The van der Waals surface area contributed by atoms with E-state index in [1.165, 1.54) is 0 Å². The first-order valence-corrected chi connectivity index (χ1v) is 6.30. The molecule has 1 aliphatic carbocycles. The van der Waals surface area contributed by atoms with E-state index in [0.29, 0.717) is 12.8 Å². The van der Waals surface area contributed by atoms with Gasteiger partial charge in [0, 0.05) is 40.3 Å². The first kappa shape index (κ1) is 12.4. The molecule has 5 heteroatoms. The van der Waals surface area contributed by atoms with Gasteiger partial charge in [0.1, 0.15) is 5.41 Å². The van der Waals surface area contributed by atoms with E-state index in [4.69, 9.17) is 0 Å². The summed E-state index contributed by atoms with van der Waals surface area (Å²) in [4.78, 5) is 28.1. The molecule has 0 aromatic rings. The number of hydrogen-bond donors (Lipinski definition) is 1. The fraction of sp³-hybridized carbons (Fsp3) is 0.833. The van der Waals surface area contributed by atoms with Crippen LogP contribution in [0.1, 0.15) is 19.3 Å². The van der Waals surface area contributed by atoms with Gasteiger partial charge in [0.15, 0.2) is 0 Å². The quantitative estimate of drug-likeness (QED) is 0.672. The van der Waals surface area contributed by atoms with E-state index in [1.54, 1.807) is 19.0 Å². The normalized spacial score (nSPS) is 22.8. The Bertz CT molecular complexity index is 318. The Morgan fingerprint density at radius 3 is 2.18 bits per heavy atom. The number of amides is 2. The summed E-state index contributed by atoms with van der Waals surface area (Å²) in [6.07, 6.45) is 2.41. The lowest BCUT2D eigenvalue weighted by Gasteiger charge is -2.44. The van der Waals surface area contributed by atoms with E-state index in [2.05, 4.69) is 5.32 Å². The molecule has 17 heavy (non-hydrogen) atoms. The second-order valence-corrected chi connectivity index (χ2v) is 5.18. The van der Waals surface area contributed by atoms with E-state index >= 15 is 0 Å². The largest absolute Gasteiger partial charge is 0.348 e. The molecule has 96 valence electrons. The Balaban J connectivity index is 2.11. The summed E-state index contributed by atoms with van der Waals surface area (Å²) in [5, 5.41) is 3.22. The minimum Gasteiger partial charge on any atom is -0.348 e. The molecule has 2 aliphatic rings. The van der Waals surface area contributed by atoms with Gasteiger partial charge in [0.2, 0.25) is 11.8 Å². The molecule has 1 saturated carbocycles. The van der Waals surface area contributed by atoms with E-state index < -0.39 is 5.41 Å². The van der Waals surface area contributed by atoms with Crippen molar-refractivity contribution in [3.63, 3.8) is 0 Å². The molecule has 0 aromatic carbocycles. The Kier molecular flexibility index (Phi) is 3.38. The molecular formula is C12H21N3O2. The van der Waals surface area contributed by atoms with Crippen LogP contribution < -0.4 is 5.32 Å². The molecule has 1 saturated heterocycles. The van der Waals surface area contributed by atoms with Gasteiger partial charge >= 0.3 is 0 Å². The maximum Gasteiger partial charge on any atom is 0.238 e. The number of carbonyl (C=O) groups excluding carboxylic acids is 2. The van der Waals surface area contributed by atoms with Crippen LogP contribution in [0.2, 0.25) is 0 Å². The summed E-state index contributed by atoms with van der Waals surface area (Å²) < 4.78 is 0. The average molecular weight is 239 g/mol. The van der Waals surface area contributed by atoms with Crippen molar-refractivity contribution >= 4 is 11.8 Å². The van der Waals surface area contributed by atoms with Crippen molar-refractivity contribution < 1.29 is 9.59 Å². The monoisotopic (exact) mass is 239 g/mol. The molecule has 0 atom stereocenters. The fourth-order valence-corrected chi connectivity index (χ4v) is 2.65. The molecule has 1 aliphatic heterocycles. The van der Waals surface area contributed by atoms with Gasteiger partial charge < -0.3 is 15.1 Å². The van der Waals surface area contributed by atoms with Gasteiger partial charge in [-0.1, -0.05) is 6.42 Å². The van der Waals surface area contributed by atoms with Crippen LogP contribution in [0, 0.1) is 5.41 Å². The third-order valence-corrected chi connectivity index (χ3v) is 3.84. The minimum atomic E-state index is -0.735. The van der Waals surface area contributed by atoms with Crippen LogP contribution in [0.25, 0.3) is 0 Å². The first-order chi connectivity index (χ1) is 8.08. The maximum atomic E-state index is 12.5. The lowest BCUT2D eigenvalue weighted by molar-refractivity contribution is -0.162. The molecule has 0 unspecified atom stereocenters. The second-order valence-electron chi connectivity index (χ2n) is 5.18. The van der Waals surface area contributed by atoms with E-state index in [9.17, 15) is 9.59 Å². The number of piperazine rings is 1. The molecule has 1 heterocycles. The summed E-state index contributed by atoms with van der Waals surface area (Å²) in [5.41, 5.74) is -0.735. The smallest absolute Gasteiger partial charge is 0.238 e. The lowest BCUT2D eigenvalue weighted by atomic mass is 9.66. The van der Waals surface area contributed by atoms with Crippen molar-refractivity contribution in [2.45, 2.75) is 19.3 Å². The second kappa shape index (κ2) is 4.64. The molecule has 0 radical (unpaired) electrons. The highest BCUT2D eigenvalue weighted by molar-refractivity contribution is 6.05. The summed E-state index contributed by atoms with van der Waals surface area (Å²) in [5.74, 6) is 0.0243. The molecule has 2 rings (SSSR count). The molecule has 0 bridgehead atoms. The zero-order chi connectivity index (χ0) is 12.5. The molecule has 1 N–H and O–H groups in total. The Morgan fingerprint density at radius 2 is 1.76 bits per heavy atom. The van der Waals surface area contributed by atoms with Crippen LogP contribution in [-0.2, 0) is 9.59 Å².